The number of urea groups is 1. The van der Waals surface area contributed by atoms with Crippen LogP contribution in [-0.2, 0) is 10.3 Å². The first-order chi connectivity index (χ1) is 7.02. The van der Waals surface area contributed by atoms with Crippen molar-refractivity contribution in [3.8, 4) is 0 Å². The number of hydrogen-bond donors (Lipinski definition) is 2. The molecular weight excluding hydrogens is 216 g/mol. The van der Waals surface area contributed by atoms with Gasteiger partial charge in [-0.25, -0.2) is 4.79 Å². The van der Waals surface area contributed by atoms with E-state index in [0.29, 0.717) is 10.6 Å². The van der Waals surface area contributed by atoms with Crippen LogP contribution in [0.3, 0.4) is 0 Å². The average molecular weight is 225 g/mol. The van der Waals surface area contributed by atoms with Gasteiger partial charge in [-0.2, -0.15) is 0 Å². The number of hydrogen-bond acceptors (Lipinski definition) is 2. The van der Waals surface area contributed by atoms with E-state index in [1.807, 2.05) is 0 Å². The molecule has 0 bridgehead atoms. The molecule has 1 aromatic carbocycles. The number of benzene rings is 1. The summed E-state index contributed by atoms with van der Waals surface area (Å²) in [4.78, 5) is 22.6. The first-order valence-corrected chi connectivity index (χ1v) is 4.80. The maximum Gasteiger partial charge on any atom is 0.322 e. The Morgan fingerprint density at radius 2 is 1.80 bits per heavy atom. The first-order valence-electron chi connectivity index (χ1n) is 4.42. The van der Waals surface area contributed by atoms with Crippen molar-refractivity contribution in [2.24, 2.45) is 0 Å². The van der Waals surface area contributed by atoms with Crippen molar-refractivity contribution in [3.05, 3.63) is 34.9 Å². The summed E-state index contributed by atoms with van der Waals surface area (Å²) in [5, 5.41) is 5.36. The molecule has 1 atom stereocenters. The highest BCUT2D eigenvalue weighted by Gasteiger charge is 2.43. The summed E-state index contributed by atoms with van der Waals surface area (Å²) in [5.41, 5.74) is -0.294. The Balaban J connectivity index is 2.41. The standard InChI is InChI=1S/C10H9ClN2O2/c1-10(8(14)12-9(15)13-10)6-2-4-7(11)5-3-6/h2-5H,1H3,(H2,12,13,14,15). The molecule has 2 rings (SSSR count). The fraction of sp³-hybridized carbons (Fsp3) is 0.200. The molecule has 1 aromatic rings. The summed E-state index contributed by atoms with van der Waals surface area (Å²) >= 11 is 5.74. The maximum absolute atomic E-state index is 11.6. The lowest BCUT2D eigenvalue weighted by atomic mass is 9.92. The molecule has 0 aliphatic carbocycles. The van der Waals surface area contributed by atoms with Crippen LogP contribution in [0, 0.1) is 0 Å². The molecule has 3 amide bonds. The Hall–Kier alpha value is -1.55. The van der Waals surface area contributed by atoms with E-state index in [0.717, 1.165) is 0 Å². The predicted molar refractivity (Wildman–Crippen MR) is 55.5 cm³/mol. The van der Waals surface area contributed by atoms with Gasteiger partial charge in [-0.05, 0) is 24.6 Å². The van der Waals surface area contributed by atoms with Gasteiger partial charge in [0, 0.05) is 5.02 Å². The van der Waals surface area contributed by atoms with Gasteiger partial charge in [0.25, 0.3) is 5.91 Å². The average Bonchev–Trinajstić information content (AvgIpc) is 2.42. The Bertz CT molecular complexity index is 430. The lowest BCUT2D eigenvalue weighted by molar-refractivity contribution is -0.123. The van der Waals surface area contributed by atoms with Gasteiger partial charge in [0.1, 0.15) is 5.54 Å². The lowest BCUT2D eigenvalue weighted by Gasteiger charge is -2.20. The van der Waals surface area contributed by atoms with E-state index in [4.69, 9.17) is 11.6 Å². The lowest BCUT2D eigenvalue weighted by Crippen LogP contribution is -2.40. The highest BCUT2D eigenvalue weighted by Crippen LogP contribution is 2.25. The fourth-order valence-corrected chi connectivity index (χ4v) is 1.66. The molecule has 4 nitrogen and oxygen atoms in total. The largest absolute Gasteiger partial charge is 0.322 e. The summed E-state index contributed by atoms with van der Waals surface area (Å²) in [6.07, 6.45) is 0. The van der Waals surface area contributed by atoms with Crippen molar-refractivity contribution in [2.45, 2.75) is 12.5 Å². The molecule has 2 N–H and O–H groups in total. The fourth-order valence-electron chi connectivity index (χ4n) is 1.53. The molecule has 1 heterocycles. The molecule has 0 saturated carbocycles. The van der Waals surface area contributed by atoms with Crippen molar-refractivity contribution in [1.29, 1.82) is 0 Å². The van der Waals surface area contributed by atoms with Crippen LogP contribution in [0.1, 0.15) is 12.5 Å². The Morgan fingerprint density at radius 3 is 2.27 bits per heavy atom. The number of imide groups is 1. The third kappa shape index (κ3) is 1.57. The monoisotopic (exact) mass is 224 g/mol. The van der Waals surface area contributed by atoms with Gasteiger partial charge in [0.2, 0.25) is 0 Å². The molecule has 0 aromatic heterocycles. The van der Waals surface area contributed by atoms with E-state index >= 15 is 0 Å². The molecule has 5 heteroatoms. The summed E-state index contributed by atoms with van der Waals surface area (Å²) in [6.45, 7) is 1.65. The quantitative estimate of drug-likeness (QED) is 0.709. The van der Waals surface area contributed by atoms with E-state index in [9.17, 15) is 9.59 Å². The third-order valence-electron chi connectivity index (χ3n) is 2.47. The summed E-state index contributed by atoms with van der Waals surface area (Å²) < 4.78 is 0. The van der Waals surface area contributed by atoms with Crippen molar-refractivity contribution in [3.63, 3.8) is 0 Å². The van der Waals surface area contributed by atoms with Crippen molar-refractivity contribution >= 4 is 23.5 Å². The second-order valence-electron chi connectivity index (χ2n) is 3.54. The van der Waals surface area contributed by atoms with Crippen LogP contribution in [0.4, 0.5) is 4.79 Å². The van der Waals surface area contributed by atoms with Crippen LogP contribution in [0.25, 0.3) is 0 Å². The molecule has 0 radical (unpaired) electrons. The zero-order valence-electron chi connectivity index (χ0n) is 8.00. The van der Waals surface area contributed by atoms with Crippen LogP contribution in [0.5, 0.6) is 0 Å². The minimum absolute atomic E-state index is 0.352. The predicted octanol–water partition coefficient (Wildman–Crippen LogP) is 1.39. The zero-order chi connectivity index (χ0) is 11.1. The Labute approximate surface area is 91.6 Å². The van der Waals surface area contributed by atoms with E-state index in [1.165, 1.54) is 0 Å². The van der Waals surface area contributed by atoms with Gasteiger partial charge in [0.15, 0.2) is 0 Å². The summed E-state index contributed by atoms with van der Waals surface area (Å²) in [7, 11) is 0. The topological polar surface area (TPSA) is 58.2 Å². The van der Waals surface area contributed by atoms with Crippen molar-refractivity contribution in [1.82, 2.24) is 10.6 Å². The Kier molecular flexibility index (Phi) is 2.16. The minimum atomic E-state index is -0.998. The van der Waals surface area contributed by atoms with E-state index in [1.54, 1.807) is 31.2 Å². The Morgan fingerprint density at radius 1 is 1.20 bits per heavy atom. The number of halogens is 1. The van der Waals surface area contributed by atoms with Crippen LogP contribution >= 0.6 is 11.6 Å². The van der Waals surface area contributed by atoms with Gasteiger partial charge in [0.05, 0.1) is 0 Å². The van der Waals surface area contributed by atoms with Crippen LogP contribution in [-0.4, -0.2) is 11.9 Å². The van der Waals surface area contributed by atoms with Crippen LogP contribution in [0.2, 0.25) is 5.02 Å². The number of carbonyl (C=O) groups excluding carboxylic acids is 2. The highest BCUT2D eigenvalue weighted by molar-refractivity contribution is 6.30. The number of rotatable bonds is 1. The second-order valence-corrected chi connectivity index (χ2v) is 3.98. The maximum atomic E-state index is 11.6. The van der Waals surface area contributed by atoms with Crippen molar-refractivity contribution in [2.75, 3.05) is 0 Å². The third-order valence-corrected chi connectivity index (χ3v) is 2.72. The molecule has 1 fully saturated rings. The molecule has 1 saturated heterocycles. The normalized spacial score (nSPS) is 24.9. The molecular formula is C10H9ClN2O2. The van der Waals surface area contributed by atoms with Gasteiger partial charge in [-0.15, -0.1) is 0 Å². The smallest absolute Gasteiger partial charge is 0.320 e. The first kappa shape index (κ1) is 9.98. The van der Waals surface area contributed by atoms with E-state index in [-0.39, 0.29) is 5.91 Å². The summed E-state index contributed by atoms with van der Waals surface area (Å²) in [5.74, 6) is -0.352. The van der Waals surface area contributed by atoms with Crippen LogP contribution < -0.4 is 10.6 Å². The number of carbonyl (C=O) groups is 2. The van der Waals surface area contributed by atoms with E-state index in [2.05, 4.69) is 10.6 Å². The highest BCUT2D eigenvalue weighted by atomic mass is 35.5. The van der Waals surface area contributed by atoms with Crippen LogP contribution in [0.15, 0.2) is 24.3 Å². The van der Waals surface area contributed by atoms with E-state index < -0.39 is 11.6 Å². The zero-order valence-corrected chi connectivity index (χ0v) is 8.76. The molecule has 15 heavy (non-hydrogen) atoms. The van der Waals surface area contributed by atoms with Gasteiger partial charge in [-0.3, -0.25) is 10.1 Å². The molecule has 1 aliphatic heterocycles. The SMILES string of the molecule is CC1(c2ccc(Cl)cc2)NC(=O)NC1=O. The number of amides is 3. The molecule has 78 valence electrons. The molecule has 0 spiro atoms. The van der Waals surface area contributed by atoms with Crippen molar-refractivity contribution < 1.29 is 9.59 Å². The second kappa shape index (κ2) is 3.24. The minimum Gasteiger partial charge on any atom is -0.320 e. The molecule has 1 aliphatic rings. The van der Waals surface area contributed by atoms with Gasteiger partial charge >= 0.3 is 6.03 Å². The summed E-state index contributed by atoms with van der Waals surface area (Å²) in [6, 6.07) is 6.32. The number of nitrogens with one attached hydrogen (secondary N) is 2. The van der Waals surface area contributed by atoms with Gasteiger partial charge < -0.3 is 5.32 Å². The molecule has 1 unspecified atom stereocenters. The van der Waals surface area contributed by atoms with Gasteiger partial charge in [-0.1, -0.05) is 23.7 Å².